The molecule has 1 aliphatic heterocycles. The van der Waals surface area contributed by atoms with E-state index in [1.165, 1.54) is 49.9 Å². The first kappa shape index (κ1) is 16.9. The molecule has 6 heteroatoms. The highest BCUT2D eigenvalue weighted by atomic mass is 19.1. The lowest BCUT2D eigenvalue weighted by Crippen LogP contribution is -2.26. The molecule has 2 aliphatic rings. The summed E-state index contributed by atoms with van der Waals surface area (Å²) in [5, 5.41) is 0. The van der Waals surface area contributed by atoms with Crippen molar-refractivity contribution in [1.29, 1.82) is 0 Å². The third kappa shape index (κ3) is 3.27. The SMILES string of the molecule is Fc1ccc2nc(C3CCCN3Cc3cncn3C3CCCCC3)[nH]c2c1. The normalized spacial score (nSPS) is 22.0. The predicted octanol–water partition coefficient (Wildman–Crippen LogP) is 4.74. The Kier molecular flexibility index (Phi) is 4.44. The first-order chi connectivity index (χ1) is 13.3. The van der Waals surface area contributed by atoms with Crippen molar-refractivity contribution in [2.24, 2.45) is 0 Å². The van der Waals surface area contributed by atoms with Crippen LogP contribution in [0.3, 0.4) is 0 Å². The second-order valence-electron chi connectivity index (χ2n) is 8.00. The van der Waals surface area contributed by atoms with Crippen molar-refractivity contribution >= 4 is 11.0 Å². The van der Waals surface area contributed by atoms with Crippen molar-refractivity contribution in [3.05, 3.63) is 48.1 Å². The number of nitrogens with one attached hydrogen (secondary N) is 1. The van der Waals surface area contributed by atoms with Crippen LogP contribution in [-0.4, -0.2) is 31.0 Å². The Morgan fingerprint density at radius 3 is 2.89 bits per heavy atom. The van der Waals surface area contributed by atoms with Crippen LogP contribution in [-0.2, 0) is 6.54 Å². The molecule has 1 N–H and O–H groups in total. The number of nitrogens with zero attached hydrogens (tertiary/aromatic N) is 4. The highest BCUT2D eigenvalue weighted by Crippen LogP contribution is 2.34. The van der Waals surface area contributed by atoms with Gasteiger partial charge < -0.3 is 9.55 Å². The number of H-pyrrole nitrogens is 1. The molecule has 27 heavy (non-hydrogen) atoms. The van der Waals surface area contributed by atoms with Gasteiger partial charge in [0.05, 0.1) is 29.1 Å². The number of hydrogen-bond acceptors (Lipinski definition) is 3. The summed E-state index contributed by atoms with van der Waals surface area (Å²) in [5.41, 5.74) is 2.92. The van der Waals surface area contributed by atoms with Crippen molar-refractivity contribution in [1.82, 2.24) is 24.4 Å². The molecule has 5 rings (SSSR count). The number of benzene rings is 1. The molecule has 1 saturated carbocycles. The molecule has 142 valence electrons. The maximum atomic E-state index is 13.5. The number of hydrogen-bond donors (Lipinski definition) is 1. The second kappa shape index (κ2) is 7.08. The van der Waals surface area contributed by atoms with Crippen LogP contribution in [0.2, 0.25) is 0 Å². The van der Waals surface area contributed by atoms with Gasteiger partial charge in [0.25, 0.3) is 0 Å². The monoisotopic (exact) mass is 367 g/mol. The van der Waals surface area contributed by atoms with E-state index in [9.17, 15) is 4.39 Å². The minimum Gasteiger partial charge on any atom is -0.341 e. The van der Waals surface area contributed by atoms with Crippen LogP contribution >= 0.6 is 0 Å². The molecule has 0 amide bonds. The average Bonchev–Trinajstić information content (AvgIpc) is 3.41. The summed E-state index contributed by atoms with van der Waals surface area (Å²) in [4.78, 5) is 15.0. The summed E-state index contributed by atoms with van der Waals surface area (Å²) in [6.45, 7) is 1.96. The molecule has 2 fully saturated rings. The van der Waals surface area contributed by atoms with Gasteiger partial charge in [-0.2, -0.15) is 0 Å². The summed E-state index contributed by atoms with van der Waals surface area (Å²) < 4.78 is 15.9. The fourth-order valence-corrected chi connectivity index (χ4v) is 4.84. The highest BCUT2D eigenvalue weighted by molar-refractivity contribution is 5.75. The number of aromatic amines is 1. The zero-order valence-electron chi connectivity index (χ0n) is 15.6. The van der Waals surface area contributed by atoms with Crippen molar-refractivity contribution in [2.75, 3.05) is 6.54 Å². The molecule has 0 radical (unpaired) electrons. The zero-order valence-corrected chi connectivity index (χ0v) is 15.6. The van der Waals surface area contributed by atoms with Gasteiger partial charge in [-0.05, 0) is 50.4 Å². The minimum atomic E-state index is -0.225. The summed E-state index contributed by atoms with van der Waals surface area (Å²) in [5.74, 6) is 0.731. The third-order valence-electron chi connectivity index (χ3n) is 6.22. The van der Waals surface area contributed by atoms with E-state index in [0.29, 0.717) is 6.04 Å². The standard InChI is InChI=1S/C21H26FN5/c22-15-8-9-18-19(11-15)25-21(24-18)20-7-4-10-26(20)13-17-12-23-14-27(17)16-5-2-1-3-6-16/h8-9,11-12,14,16,20H,1-7,10,13H2,(H,24,25). The van der Waals surface area contributed by atoms with E-state index >= 15 is 0 Å². The molecule has 1 unspecified atom stereocenters. The predicted molar refractivity (Wildman–Crippen MR) is 103 cm³/mol. The summed E-state index contributed by atoms with van der Waals surface area (Å²) in [6.07, 6.45) is 12.8. The number of aromatic nitrogens is 4. The molecule has 1 atom stereocenters. The highest BCUT2D eigenvalue weighted by Gasteiger charge is 2.30. The summed E-state index contributed by atoms with van der Waals surface area (Å²) in [7, 11) is 0. The van der Waals surface area contributed by atoms with Gasteiger partial charge in [0, 0.05) is 18.8 Å². The molecule has 2 aromatic heterocycles. The van der Waals surface area contributed by atoms with Gasteiger partial charge in [0.2, 0.25) is 0 Å². The molecule has 0 bridgehead atoms. The van der Waals surface area contributed by atoms with E-state index < -0.39 is 0 Å². The van der Waals surface area contributed by atoms with E-state index in [2.05, 4.69) is 19.4 Å². The van der Waals surface area contributed by atoms with Crippen LogP contribution in [0.1, 0.15) is 68.5 Å². The van der Waals surface area contributed by atoms with Crippen molar-refractivity contribution in [3.63, 3.8) is 0 Å². The van der Waals surface area contributed by atoms with E-state index in [-0.39, 0.29) is 11.9 Å². The van der Waals surface area contributed by atoms with Crippen LogP contribution in [0.4, 0.5) is 4.39 Å². The lowest BCUT2D eigenvalue weighted by molar-refractivity contribution is 0.229. The van der Waals surface area contributed by atoms with Gasteiger partial charge in [0.15, 0.2) is 0 Å². The van der Waals surface area contributed by atoms with Crippen molar-refractivity contribution < 1.29 is 4.39 Å². The molecular formula is C21H26FN5. The maximum Gasteiger partial charge on any atom is 0.125 e. The fourth-order valence-electron chi connectivity index (χ4n) is 4.84. The van der Waals surface area contributed by atoms with Crippen LogP contribution in [0, 0.1) is 5.82 Å². The van der Waals surface area contributed by atoms with Gasteiger partial charge in [0.1, 0.15) is 11.6 Å². The topological polar surface area (TPSA) is 49.7 Å². The molecule has 1 saturated heterocycles. The molecule has 3 heterocycles. The zero-order chi connectivity index (χ0) is 18.2. The Morgan fingerprint density at radius 1 is 1.11 bits per heavy atom. The lowest BCUT2D eigenvalue weighted by Gasteiger charge is -2.28. The summed E-state index contributed by atoms with van der Waals surface area (Å²) >= 11 is 0. The molecule has 1 aliphatic carbocycles. The van der Waals surface area contributed by atoms with E-state index in [4.69, 9.17) is 4.98 Å². The van der Waals surface area contributed by atoms with Crippen LogP contribution in [0.15, 0.2) is 30.7 Å². The van der Waals surface area contributed by atoms with E-state index in [0.717, 1.165) is 42.8 Å². The van der Waals surface area contributed by atoms with Gasteiger partial charge in [-0.25, -0.2) is 14.4 Å². The van der Waals surface area contributed by atoms with Crippen molar-refractivity contribution in [3.8, 4) is 0 Å². The quantitative estimate of drug-likeness (QED) is 0.724. The molecular weight excluding hydrogens is 341 g/mol. The molecule has 5 nitrogen and oxygen atoms in total. The number of likely N-dealkylation sites (tertiary alicyclic amines) is 1. The Labute approximate surface area is 158 Å². The number of rotatable bonds is 4. The van der Waals surface area contributed by atoms with E-state index in [1.807, 2.05) is 12.5 Å². The third-order valence-corrected chi connectivity index (χ3v) is 6.22. The number of halogens is 1. The second-order valence-corrected chi connectivity index (χ2v) is 8.00. The fraction of sp³-hybridized carbons (Fsp3) is 0.524. The maximum absolute atomic E-state index is 13.5. The number of fused-ring (bicyclic) bond motifs is 1. The van der Waals surface area contributed by atoms with Crippen LogP contribution in [0.25, 0.3) is 11.0 Å². The Bertz CT molecular complexity index is 924. The Morgan fingerprint density at radius 2 is 2.00 bits per heavy atom. The van der Waals surface area contributed by atoms with E-state index in [1.54, 1.807) is 6.07 Å². The van der Waals surface area contributed by atoms with Gasteiger partial charge >= 0.3 is 0 Å². The molecule has 1 aromatic carbocycles. The Hall–Kier alpha value is -2.21. The lowest BCUT2D eigenvalue weighted by atomic mass is 9.95. The smallest absolute Gasteiger partial charge is 0.125 e. The molecule has 3 aromatic rings. The summed E-state index contributed by atoms with van der Waals surface area (Å²) in [6, 6.07) is 5.62. The number of imidazole rings is 2. The first-order valence-corrected chi connectivity index (χ1v) is 10.2. The molecule has 0 spiro atoms. The Balaban J connectivity index is 1.38. The van der Waals surface area contributed by atoms with Crippen molar-refractivity contribution in [2.45, 2.75) is 63.6 Å². The van der Waals surface area contributed by atoms with Gasteiger partial charge in [-0.1, -0.05) is 19.3 Å². The van der Waals surface area contributed by atoms with Gasteiger partial charge in [-0.3, -0.25) is 4.90 Å². The minimum absolute atomic E-state index is 0.225. The first-order valence-electron chi connectivity index (χ1n) is 10.2. The largest absolute Gasteiger partial charge is 0.341 e. The van der Waals surface area contributed by atoms with Crippen LogP contribution < -0.4 is 0 Å². The van der Waals surface area contributed by atoms with Crippen LogP contribution in [0.5, 0.6) is 0 Å². The van der Waals surface area contributed by atoms with Gasteiger partial charge in [-0.15, -0.1) is 0 Å². The average molecular weight is 367 g/mol.